The van der Waals surface area contributed by atoms with Gasteiger partial charge in [-0.1, -0.05) is 6.08 Å². The van der Waals surface area contributed by atoms with Crippen LogP contribution in [0.3, 0.4) is 0 Å². The molecule has 0 saturated heterocycles. The third-order valence-electron chi connectivity index (χ3n) is 1.70. The van der Waals surface area contributed by atoms with Crippen molar-refractivity contribution in [3.05, 3.63) is 35.9 Å². The SMILES string of the molecule is CN(C)/C=C(\C=O)OC1=CCCC=C1. The molecule has 0 spiro atoms. The minimum Gasteiger partial charge on any atom is -0.453 e. The normalized spacial score (nSPS) is 16.1. The van der Waals surface area contributed by atoms with E-state index in [1.54, 1.807) is 11.1 Å². The number of allylic oxidation sites excluding steroid dienone is 4. The van der Waals surface area contributed by atoms with Crippen LogP contribution >= 0.6 is 0 Å². The van der Waals surface area contributed by atoms with Crippen LogP contribution in [0.15, 0.2) is 35.9 Å². The Morgan fingerprint density at radius 2 is 2.29 bits per heavy atom. The van der Waals surface area contributed by atoms with Gasteiger partial charge < -0.3 is 9.64 Å². The minimum atomic E-state index is 0.327. The fraction of sp³-hybridized carbons (Fsp3) is 0.364. The Kier molecular flexibility index (Phi) is 3.98. The number of rotatable bonds is 4. The van der Waals surface area contributed by atoms with Crippen molar-refractivity contribution in [2.24, 2.45) is 0 Å². The van der Waals surface area contributed by atoms with Crippen LogP contribution in [0.25, 0.3) is 0 Å². The molecule has 0 aromatic carbocycles. The molecule has 1 aliphatic rings. The van der Waals surface area contributed by atoms with Crippen LogP contribution in [0.2, 0.25) is 0 Å². The maximum absolute atomic E-state index is 10.6. The third kappa shape index (κ3) is 3.47. The first-order chi connectivity index (χ1) is 6.72. The first-order valence-corrected chi connectivity index (χ1v) is 4.60. The van der Waals surface area contributed by atoms with E-state index in [4.69, 9.17) is 4.74 Å². The van der Waals surface area contributed by atoms with Crippen molar-refractivity contribution in [2.75, 3.05) is 14.1 Å². The van der Waals surface area contributed by atoms with E-state index in [0.717, 1.165) is 18.6 Å². The number of hydrogen-bond donors (Lipinski definition) is 0. The molecule has 0 aliphatic heterocycles. The van der Waals surface area contributed by atoms with E-state index in [-0.39, 0.29) is 0 Å². The molecule has 0 heterocycles. The second-order valence-electron chi connectivity index (χ2n) is 3.30. The molecular weight excluding hydrogens is 178 g/mol. The molecule has 0 N–H and O–H groups in total. The molecule has 0 atom stereocenters. The van der Waals surface area contributed by atoms with Gasteiger partial charge in [0.2, 0.25) is 0 Å². The van der Waals surface area contributed by atoms with Crippen LogP contribution in [-0.4, -0.2) is 25.3 Å². The fourth-order valence-electron chi connectivity index (χ4n) is 1.14. The van der Waals surface area contributed by atoms with E-state index < -0.39 is 0 Å². The van der Waals surface area contributed by atoms with E-state index in [1.807, 2.05) is 32.3 Å². The van der Waals surface area contributed by atoms with Crippen LogP contribution in [0.4, 0.5) is 0 Å². The summed E-state index contributed by atoms with van der Waals surface area (Å²) in [6.45, 7) is 0. The Balaban J connectivity index is 2.60. The van der Waals surface area contributed by atoms with Gasteiger partial charge >= 0.3 is 0 Å². The third-order valence-corrected chi connectivity index (χ3v) is 1.70. The molecule has 0 amide bonds. The van der Waals surface area contributed by atoms with Gasteiger partial charge in [0.15, 0.2) is 12.0 Å². The smallest absolute Gasteiger partial charge is 0.186 e. The standard InChI is InChI=1S/C11H15NO2/c1-12(2)8-11(9-13)14-10-6-4-3-5-7-10/h4,6-9H,3,5H2,1-2H3/b11-8+. The van der Waals surface area contributed by atoms with Crippen LogP contribution in [0, 0.1) is 0 Å². The number of carbonyl (C=O) groups is 1. The quantitative estimate of drug-likeness (QED) is 0.387. The summed E-state index contributed by atoms with van der Waals surface area (Å²) in [5.41, 5.74) is 0. The first-order valence-electron chi connectivity index (χ1n) is 4.60. The lowest BCUT2D eigenvalue weighted by Gasteiger charge is -2.11. The lowest BCUT2D eigenvalue weighted by molar-refractivity contribution is -0.107. The van der Waals surface area contributed by atoms with Gasteiger partial charge in [0.25, 0.3) is 0 Å². The van der Waals surface area contributed by atoms with Crippen molar-refractivity contribution in [3.63, 3.8) is 0 Å². The Hall–Kier alpha value is -1.51. The monoisotopic (exact) mass is 193 g/mol. The van der Waals surface area contributed by atoms with Crippen molar-refractivity contribution < 1.29 is 9.53 Å². The van der Waals surface area contributed by atoms with Crippen molar-refractivity contribution in [1.82, 2.24) is 4.90 Å². The molecule has 0 aromatic rings. The average Bonchev–Trinajstić information content (AvgIpc) is 2.17. The van der Waals surface area contributed by atoms with Crippen LogP contribution in [0.1, 0.15) is 12.8 Å². The summed E-state index contributed by atoms with van der Waals surface area (Å²) >= 11 is 0. The Morgan fingerprint density at radius 1 is 1.50 bits per heavy atom. The molecule has 0 radical (unpaired) electrons. The summed E-state index contributed by atoms with van der Waals surface area (Å²) in [6.07, 6.45) is 10.3. The number of hydrogen-bond acceptors (Lipinski definition) is 3. The zero-order chi connectivity index (χ0) is 10.4. The molecule has 3 heteroatoms. The number of carbonyl (C=O) groups excluding carboxylic acids is 1. The van der Waals surface area contributed by atoms with Crippen molar-refractivity contribution in [1.29, 1.82) is 0 Å². The summed E-state index contributed by atoms with van der Waals surface area (Å²) in [5.74, 6) is 1.07. The highest BCUT2D eigenvalue weighted by Gasteiger charge is 2.02. The van der Waals surface area contributed by atoms with Crippen molar-refractivity contribution in [3.8, 4) is 0 Å². The molecule has 0 saturated carbocycles. The van der Waals surface area contributed by atoms with Crippen molar-refractivity contribution >= 4 is 6.29 Å². The highest BCUT2D eigenvalue weighted by atomic mass is 16.5. The Morgan fingerprint density at radius 3 is 2.79 bits per heavy atom. The summed E-state index contributed by atoms with van der Waals surface area (Å²) < 4.78 is 5.38. The van der Waals surface area contributed by atoms with Gasteiger partial charge in [-0.15, -0.1) is 0 Å². The number of aldehydes is 1. The maximum atomic E-state index is 10.6. The highest BCUT2D eigenvalue weighted by Crippen LogP contribution is 2.13. The lowest BCUT2D eigenvalue weighted by Crippen LogP contribution is -2.05. The zero-order valence-corrected chi connectivity index (χ0v) is 8.56. The van der Waals surface area contributed by atoms with Crippen LogP contribution in [0.5, 0.6) is 0 Å². The predicted molar refractivity (Wildman–Crippen MR) is 55.4 cm³/mol. The highest BCUT2D eigenvalue weighted by molar-refractivity contribution is 5.70. The number of nitrogens with zero attached hydrogens (tertiary/aromatic N) is 1. The van der Waals surface area contributed by atoms with Crippen LogP contribution < -0.4 is 0 Å². The molecule has 0 bridgehead atoms. The summed E-state index contributed by atoms with van der Waals surface area (Å²) in [4.78, 5) is 12.4. The van der Waals surface area contributed by atoms with Gasteiger partial charge in [0.1, 0.15) is 5.76 Å². The Bertz CT molecular complexity index is 288. The van der Waals surface area contributed by atoms with Gasteiger partial charge in [-0.2, -0.15) is 0 Å². The van der Waals surface area contributed by atoms with E-state index in [9.17, 15) is 4.79 Å². The zero-order valence-electron chi connectivity index (χ0n) is 8.56. The molecule has 0 unspecified atom stereocenters. The molecule has 1 rings (SSSR count). The molecule has 76 valence electrons. The predicted octanol–water partition coefficient (Wildman–Crippen LogP) is 1.84. The minimum absolute atomic E-state index is 0.327. The van der Waals surface area contributed by atoms with E-state index in [0.29, 0.717) is 12.0 Å². The second-order valence-corrected chi connectivity index (χ2v) is 3.30. The van der Waals surface area contributed by atoms with Crippen molar-refractivity contribution in [2.45, 2.75) is 12.8 Å². The largest absolute Gasteiger partial charge is 0.453 e. The fourth-order valence-corrected chi connectivity index (χ4v) is 1.14. The van der Waals surface area contributed by atoms with E-state index in [1.165, 1.54) is 0 Å². The Labute approximate surface area is 84.3 Å². The summed E-state index contributed by atoms with van der Waals surface area (Å²) in [7, 11) is 3.69. The van der Waals surface area contributed by atoms with Gasteiger partial charge in [0.05, 0.1) is 0 Å². The topological polar surface area (TPSA) is 29.5 Å². The van der Waals surface area contributed by atoms with Gasteiger partial charge in [-0.25, -0.2) is 0 Å². The van der Waals surface area contributed by atoms with Gasteiger partial charge in [-0.3, -0.25) is 4.79 Å². The second kappa shape index (κ2) is 5.27. The first kappa shape index (κ1) is 10.6. The molecule has 0 aromatic heterocycles. The van der Waals surface area contributed by atoms with E-state index in [2.05, 4.69) is 0 Å². The molecule has 1 aliphatic carbocycles. The van der Waals surface area contributed by atoms with Gasteiger partial charge in [0, 0.05) is 20.3 Å². The lowest BCUT2D eigenvalue weighted by atomic mass is 10.2. The summed E-state index contributed by atoms with van der Waals surface area (Å²) in [5, 5.41) is 0. The maximum Gasteiger partial charge on any atom is 0.186 e. The van der Waals surface area contributed by atoms with Gasteiger partial charge in [-0.05, 0) is 25.0 Å². The molecule has 3 nitrogen and oxygen atoms in total. The average molecular weight is 193 g/mol. The molecule has 14 heavy (non-hydrogen) atoms. The van der Waals surface area contributed by atoms with E-state index >= 15 is 0 Å². The summed E-state index contributed by atoms with van der Waals surface area (Å²) in [6, 6.07) is 0. The van der Waals surface area contributed by atoms with Crippen LogP contribution in [-0.2, 0) is 9.53 Å². The molecular formula is C11H15NO2. The molecule has 0 fully saturated rings. The number of ether oxygens (including phenoxy) is 1.